The summed E-state index contributed by atoms with van der Waals surface area (Å²) < 4.78 is 18.7. The lowest BCUT2D eigenvalue weighted by Gasteiger charge is -2.10. The third-order valence-corrected chi connectivity index (χ3v) is 4.47. The minimum Gasteiger partial charge on any atom is -0.489 e. The predicted octanol–water partition coefficient (Wildman–Crippen LogP) is 6.42. The first kappa shape index (κ1) is 21.5. The highest BCUT2D eigenvalue weighted by Crippen LogP contribution is 2.23. The number of halogens is 4. The molecule has 0 spiro atoms. The topological polar surface area (TPSA) is 21.3 Å². The molecule has 0 atom stereocenters. The molecule has 0 radical (unpaired) electrons. The summed E-state index contributed by atoms with van der Waals surface area (Å²) in [5.74, 6) is 0.552. The molecule has 1 N–H and O–H groups in total. The van der Waals surface area contributed by atoms with Gasteiger partial charge in [0.05, 0.1) is 0 Å². The Kier molecular flexibility index (Phi) is 8.39. The third-order valence-electron chi connectivity index (χ3n) is 3.88. The van der Waals surface area contributed by atoms with E-state index in [2.05, 4.69) is 5.32 Å². The van der Waals surface area contributed by atoms with Crippen LogP contribution in [0.1, 0.15) is 16.7 Å². The number of nitrogens with one attached hydrogen (secondary N) is 1. The van der Waals surface area contributed by atoms with Crippen LogP contribution in [0, 0.1) is 5.82 Å². The highest BCUT2D eigenvalue weighted by Gasteiger charge is 2.03. The van der Waals surface area contributed by atoms with E-state index in [9.17, 15) is 4.39 Å². The molecule has 0 saturated carbocycles. The number of hydrogen-bond acceptors (Lipinski definition) is 2. The Hall–Kier alpha value is -1.78. The zero-order chi connectivity index (χ0) is 18.4. The molecule has 0 aliphatic rings. The van der Waals surface area contributed by atoms with Crippen molar-refractivity contribution < 1.29 is 9.13 Å². The Morgan fingerprint density at radius 2 is 1.59 bits per heavy atom. The van der Waals surface area contributed by atoms with Crippen LogP contribution in [-0.2, 0) is 19.7 Å². The highest BCUT2D eigenvalue weighted by molar-refractivity contribution is 6.35. The monoisotopic (exact) mass is 425 g/mol. The molecule has 0 aliphatic carbocycles. The van der Waals surface area contributed by atoms with Gasteiger partial charge in [-0.1, -0.05) is 53.5 Å². The largest absolute Gasteiger partial charge is 0.489 e. The maximum atomic E-state index is 12.9. The van der Waals surface area contributed by atoms with E-state index in [1.807, 2.05) is 30.3 Å². The molecule has 3 rings (SSSR count). The Labute approximate surface area is 174 Å². The average Bonchev–Trinajstić information content (AvgIpc) is 2.63. The molecule has 142 valence electrons. The van der Waals surface area contributed by atoms with Gasteiger partial charge in [-0.3, -0.25) is 0 Å². The lowest BCUT2D eigenvalue weighted by atomic mass is 10.2. The van der Waals surface area contributed by atoms with Gasteiger partial charge >= 0.3 is 0 Å². The van der Waals surface area contributed by atoms with Crippen LogP contribution >= 0.6 is 35.6 Å². The fraction of sp³-hybridized carbons (Fsp3) is 0.143. The number of ether oxygens (including phenoxy) is 1. The van der Waals surface area contributed by atoms with Crippen molar-refractivity contribution in [1.82, 2.24) is 5.32 Å². The molecule has 0 aromatic heterocycles. The van der Waals surface area contributed by atoms with Crippen molar-refractivity contribution >= 4 is 35.6 Å². The summed E-state index contributed by atoms with van der Waals surface area (Å²) in [6, 6.07) is 19.7. The van der Waals surface area contributed by atoms with E-state index in [1.54, 1.807) is 24.3 Å². The minimum atomic E-state index is -0.223. The summed E-state index contributed by atoms with van der Waals surface area (Å²) in [5, 5.41) is 4.54. The summed E-state index contributed by atoms with van der Waals surface area (Å²) in [4.78, 5) is 0. The fourth-order valence-corrected chi connectivity index (χ4v) is 2.96. The SMILES string of the molecule is Cl.Fc1ccc(CNCc2cccc(OCc3ccc(Cl)cc3Cl)c2)cc1. The number of benzene rings is 3. The van der Waals surface area contributed by atoms with Gasteiger partial charge < -0.3 is 10.1 Å². The highest BCUT2D eigenvalue weighted by atomic mass is 35.5. The van der Waals surface area contributed by atoms with Crippen molar-refractivity contribution in [1.29, 1.82) is 0 Å². The second-order valence-electron chi connectivity index (χ2n) is 5.90. The zero-order valence-electron chi connectivity index (χ0n) is 14.4. The van der Waals surface area contributed by atoms with Crippen LogP contribution in [0.15, 0.2) is 66.7 Å². The van der Waals surface area contributed by atoms with Crippen LogP contribution in [0.5, 0.6) is 5.75 Å². The summed E-state index contributed by atoms with van der Waals surface area (Å²) in [5.41, 5.74) is 3.03. The molecule has 0 fully saturated rings. The lowest BCUT2D eigenvalue weighted by Crippen LogP contribution is -2.12. The van der Waals surface area contributed by atoms with Gasteiger partial charge in [-0.25, -0.2) is 4.39 Å². The minimum absolute atomic E-state index is 0. The van der Waals surface area contributed by atoms with E-state index >= 15 is 0 Å². The Bertz CT molecular complexity index is 872. The van der Waals surface area contributed by atoms with Gasteiger partial charge in [0, 0.05) is 28.7 Å². The predicted molar refractivity (Wildman–Crippen MR) is 111 cm³/mol. The molecule has 3 aromatic carbocycles. The molecule has 0 amide bonds. The van der Waals surface area contributed by atoms with Gasteiger partial charge in [0.2, 0.25) is 0 Å². The molecular weight excluding hydrogens is 408 g/mol. The van der Waals surface area contributed by atoms with Gasteiger partial charge in [0.25, 0.3) is 0 Å². The molecule has 0 unspecified atom stereocenters. The van der Waals surface area contributed by atoms with Crippen molar-refractivity contribution in [2.75, 3.05) is 0 Å². The van der Waals surface area contributed by atoms with Crippen LogP contribution in [0.4, 0.5) is 4.39 Å². The van der Waals surface area contributed by atoms with Gasteiger partial charge in [-0.15, -0.1) is 12.4 Å². The van der Waals surface area contributed by atoms with Crippen molar-refractivity contribution in [2.24, 2.45) is 0 Å². The molecule has 0 aliphatic heterocycles. The van der Waals surface area contributed by atoms with Gasteiger partial charge in [-0.2, -0.15) is 0 Å². The number of hydrogen-bond donors (Lipinski definition) is 1. The standard InChI is InChI=1S/C21H18Cl2FNO.ClH/c22-18-7-6-17(21(23)11-18)14-26-20-3-1-2-16(10-20)13-25-12-15-4-8-19(24)9-5-15;/h1-11,25H,12-14H2;1H. The molecule has 27 heavy (non-hydrogen) atoms. The quantitative estimate of drug-likeness (QED) is 0.470. The Morgan fingerprint density at radius 1 is 0.852 bits per heavy atom. The van der Waals surface area contributed by atoms with Crippen LogP contribution in [0.2, 0.25) is 10.0 Å². The van der Waals surface area contributed by atoms with E-state index in [0.29, 0.717) is 29.7 Å². The van der Waals surface area contributed by atoms with E-state index in [4.69, 9.17) is 27.9 Å². The summed E-state index contributed by atoms with van der Waals surface area (Å²) in [7, 11) is 0. The molecule has 0 saturated heterocycles. The third kappa shape index (κ3) is 6.71. The van der Waals surface area contributed by atoms with Gasteiger partial charge in [0.1, 0.15) is 18.2 Å². The van der Waals surface area contributed by atoms with Crippen molar-refractivity contribution in [3.63, 3.8) is 0 Å². The van der Waals surface area contributed by atoms with E-state index in [1.165, 1.54) is 12.1 Å². The van der Waals surface area contributed by atoms with Crippen molar-refractivity contribution in [2.45, 2.75) is 19.7 Å². The second-order valence-corrected chi connectivity index (χ2v) is 6.75. The average molecular weight is 427 g/mol. The summed E-state index contributed by atoms with van der Waals surface area (Å²) in [6.45, 7) is 1.74. The Morgan fingerprint density at radius 3 is 2.33 bits per heavy atom. The van der Waals surface area contributed by atoms with Crippen LogP contribution in [0.3, 0.4) is 0 Å². The molecule has 6 heteroatoms. The van der Waals surface area contributed by atoms with E-state index < -0.39 is 0 Å². The molecular formula is C21H19Cl3FNO. The number of rotatable bonds is 7. The molecule has 0 bridgehead atoms. The van der Waals surface area contributed by atoms with E-state index in [-0.39, 0.29) is 18.2 Å². The molecule has 3 aromatic rings. The van der Waals surface area contributed by atoms with E-state index in [0.717, 1.165) is 22.4 Å². The first-order valence-corrected chi connectivity index (χ1v) is 8.96. The summed E-state index contributed by atoms with van der Waals surface area (Å²) >= 11 is 12.1. The molecule has 2 nitrogen and oxygen atoms in total. The first-order valence-electron chi connectivity index (χ1n) is 8.21. The van der Waals surface area contributed by atoms with Gasteiger partial charge in [0.15, 0.2) is 0 Å². The van der Waals surface area contributed by atoms with Crippen LogP contribution < -0.4 is 10.1 Å². The van der Waals surface area contributed by atoms with Crippen molar-refractivity contribution in [3.05, 3.63) is 99.3 Å². The maximum absolute atomic E-state index is 12.9. The fourth-order valence-electron chi connectivity index (χ4n) is 2.50. The maximum Gasteiger partial charge on any atom is 0.123 e. The second kappa shape index (κ2) is 10.5. The normalized spacial score (nSPS) is 10.3. The Balaban J connectivity index is 0.00000261. The van der Waals surface area contributed by atoms with Crippen LogP contribution in [-0.4, -0.2) is 0 Å². The van der Waals surface area contributed by atoms with Crippen LogP contribution in [0.25, 0.3) is 0 Å². The lowest BCUT2D eigenvalue weighted by molar-refractivity contribution is 0.306. The smallest absolute Gasteiger partial charge is 0.123 e. The van der Waals surface area contributed by atoms with Gasteiger partial charge in [-0.05, 0) is 47.5 Å². The summed E-state index contributed by atoms with van der Waals surface area (Å²) in [6.07, 6.45) is 0. The van der Waals surface area contributed by atoms with Crippen molar-refractivity contribution in [3.8, 4) is 5.75 Å². The zero-order valence-corrected chi connectivity index (χ0v) is 16.8. The first-order chi connectivity index (χ1) is 12.6. The molecule has 0 heterocycles.